The van der Waals surface area contributed by atoms with Crippen molar-refractivity contribution >= 4 is 11.2 Å². The van der Waals surface area contributed by atoms with Gasteiger partial charge in [-0.15, -0.1) is 0 Å². The van der Waals surface area contributed by atoms with Crippen LogP contribution in [0.5, 0.6) is 0 Å². The predicted molar refractivity (Wildman–Crippen MR) is 79.5 cm³/mol. The number of hydrogen-bond acceptors (Lipinski definition) is 3. The Kier molecular flexibility index (Phi) is 2.29. The van der Waals surface area contributed by atoms with Gasteiger partial charge in [0.1, 0.15) is 5.52 Å². The molecule has 0 spiro atoms. The average molecular weight is 279 g/mol. The molecule has 104 valence electrons. The van der Waals surface area contributed by atoms with Gasteiger partial charge in [0, 0.05) is 18.0 Å². The second-order valence-electron chi connectivity index (χ2n) is 5.20. The van der Waals surface area contributed by atoms with Gasteiger partial charge in [0.2, 0.25) is 0 Å². The highest BCUT2D eigenvalue weighted by Crippen LogP contribution is 2.25. The number of nitrogens with zero attached hydrogens (tertiary/aromatic N) is 4. The predicted octanol–water partition coefficient (Wildman–Crippen LogP) is 1.95. The Morgan fingerprint density at radius 2 is 2.00 bits per heavy atom. The molecule has 0 saturated carbocycles. The Labute approximate surface area is 119 Å². The highest BCUT2D eigenvalue weighted by Gasteiger charge is 2.11. The van der Waals surface area contributed by atoms with Crippen molar-refractivity contribution in [2.45, 2.75) is 13.8 Å². The molecule has 6 nitrogen and oxygen atoms in total. The lowest BCUT2D eigenvalue weighted by atomic mass is 10.0. The van der Waals surface area contributed by atoms with Crippen molar-refractivity contribution in [1.29, 1.82) is 0 Å². The maximum Gasteiger partial charge on any atom is 0.347 e. The van der Waals surface area contributed by atoms with Crippen LogP contribution < -0.4 is 5.69 Å². The molecule has 0 fully saturated rings. The normalized spacial score (nSPS) is 11.5. The van der Waals surface area contributed by atoms with Crippen molar-refractivity contribution < 1.29 is 0 Å². The minimum atomic E-state index is -0.248. The van der Waals surface area contributed by atoms with Crippen LogP contribution in [0.3, 0.4) is 0 Å². The summed E-state index contributed by atoms with van der Waals surface area (Å²) in [5, 5.41) is 11.1. The number of nitrogens with one attached hydrogen (secondary N) is 1. The zero-order valence-corrected chi connectivity index (χ0v) is 11.7. The molecular formula is C15H13N5O. The summed E-state index contributed by atoms with van der Waals surface area (Å²) in [4.78, 5) is 11.6. The van der Waals surface area contributed by atoms with Crippen LogP contribution in [0.1, 0.15) is 11.1 Å². The maximum absolute atomic E-state index is 11.6. The molecule has 0 aliphatic carbocycles. The number of aryl methyl sites for hydroxylation is 2. The van der Waals surface area contributed by atoms with Gasteiger partial charge in [-0.05, 0) is 31.5 Å². The monoisotopic (exact) mass is 279 g/mol. The zero-order valence-electron chi connectivity index (χ0n) is 11.7. The van der Waals surface area contributed by atoms with E-state index in [1.165, 1.54) is 15.5 Å². The first-order valence-electron chi connectivity index (χ1n) is 6.66. The zero-order chi connectivity index (χ0) is 14.6. The summed E-state index contributed by atoms with van der Waals surface area (Å²) in [5.41, 5.74) is 5.45. The summed E-state index contributed by atoms with van der Waals surface area (Å²) in [6.45, 7) is 4.12. The smallest absolute Gasteiger partial charge is 0.247 e. The number of fused-ring (bicyclic) bond motifs is 3. The summed E-state index contributed by atoms with van der Waals surface area (Å²) in [7, 11) is 0. The van der Waals surface area contributed by atoms with E-state index < -0.39 is 0 Å². The van der Waals surface area contributed by atoms with Crippen LogP contribution in [0.25, 0.3) is 22.4 Å². The molecule has 4 rings (SSSR count). The Morgan fingerprint density at radius 3 is 2.86 bits per heavy atom. The molecule has 1 aromatic carbocycles. The van der Waals surface area contributed by atoms with E-state index in [0.29, 0.717) is 5.65 Å². The van der Waals surface area contributed by atoms with Crippen molar-refractivity contribution in [3.05, 3.63) is 58.3 Å². The lowest BCUT2D eigenvalue weighted by Gasteiger charge is -2.03. The molecule has 3 heterocycles. The van der Waals surface area contributed by atoms with Gasteiger partial charge >= 0.3 is 5.69 Å². The van der Waals surface area contributed by atoms with Crippen molar-refractivity contribution in [2.24, 2.45) is 0 Å². The first-order chi connectivity index (χ1) is 10.1. The minimum Gasteiger partial charge on any atom is -0.247 e. The highest BCUT2D eigenvalue weighted by atomic mass is 16.1. The molecule has 0 amide bonds. The first-order valence-corrected chi connectivity index (χ1v) is 6.66. The molecule has 0 unspecified atom stereocenters. The fraction of sp³-hybridized carbons (Fsp3) is 0.133. The van der Waals surface area contributed by atoms with Gasteiger partial charge in [-0.25, -0.2) is 18.8 Å². The molecule has 6 heteroatoms. The van der Waals surface area contributed by atoms with Crippen LogP contribution in [0.4, 0.5) is 0 Å². The van der Waals surface area contributed by atoms with E-state index in [-0.39, 0.29) is 5.69 Å². The van der Waals surface area contributed by atoms with Crippen molar-refractivity contribution in [1.82, 2.24) is 24.2 Å². The average Bonchev–Trinajstić information content (AvgIpc) is 3.05. The Balaban J connectivity index is 2.05. The summed E-state index contributed by atoms with van der Waals surface area (Å²) < 4.78 is 3.22. The van der Waals surface area contributed by atoms with Crippen LogP contribution in [-0.2, 0) is 0 Å². The van der Waals surface area contributed by atoms with Crippen LogP contribution in [-0.4, -0.2) is 24.2 Å². The van der Waals surface area contributed by atoms with Gasteiger partial charge < -0.3 is 0 Å². The van der Waals surface area contributed by atoms with Crippen molar-refractivity contribution in [3.63, 3.8) is 0 Å². The molecule has 0 radical (unpaired) electrons. The van der Waals surface area contributed by atoms with Gasteiger partial charge in [0.05, 0.1) is 5.69 Å². The van der Waals surface area contributed by atoms with Gasteiger partial charge in [-0.1, -0.05) is 17.7 Å². The number of H-pyrrole nitrogens is 1. The molecule has 0 bridgehead atoms. The highest BCUT2D eigenvalue weighted by molar-refractivity contribution is 5.77. The third-order valence-electron chi connectivity index (χ3n) is 3.70. The largest absolute Gasteiger partial charge is 0.347 e. The topological polar surface area (TPSA) is 67.5 Å². The van der Waals surface area contributed by atoms with E-state index in [2.05, 4.69) is 47.3 Å². The standard InChI is InChI=1S/C15H13N5O/c1-9-3-4-10(2)11(7-9)12-8-13-14-16-17-15(21)19(14)5-6-20(13)18-12/h3-8H,1-2H3,(H,17,21). The second-order valence-corrected chi connectivity index (χ2v) is 5.20. The SMILES string of the molecule is Cc1ccc(C)c(-c2cc3c4n[nH]c(=O)n4ccn3n2)c1. The van der Waals surface area contributed by atoms with E-state index in [1.807, 2.05) is 6.07 Å². The molecular weight excluding hydrogens is 266 g/mol. The maximum atomic E-state index is 11.6. The van der Waals surface area contributed by atoms with E-state index in [4.69, 9.17) is 0 Å². The molecule has 0 atom stereocenters. The van der Waals surface area contributed by atoms with Crippen LogP contribution >= 0.6 is 0 Å². The lowest BCUT2D eigenvalue weighted by molar-refractivity contribution is 0.935. The fourth-order valence-corrected chi connectivity index (χ4v) is 2.57. The van der Waals surface area contributed by atoms with Crippen LogP contribution in [0.15, 0.2) is 41.5 Å². The van der Waals surface area contributed by atoms with E-state index >= 15 is 0 Å². The first kappa shape index (κ1) is 11.9. The number of aromatic nitrogens is 5. The van der Waals surface area contributed by atoms with Crippen LogP contribution in [0, 0.1) is 13.8 Å². The van der Waals surface area contributed by atoms with Crippen LogP contribution in [0.2, 0.25) is 0 Å². The number of aromatic amines is 1. The summed E-state index contributed by atoms with van der Waals surface area (Å²) in [6.07, 6.45) is 3.42. The third kappa shape index (κ3) is 1.69. The van der Waals surface area contributed by atoms with Gasteiger partial charge in [-0.3, -0.25) is 0 Å². The van der Waals surface area contributed by atoms with Gasteiger partial charge in [0.25, 0.3) is 0 Å². The molecule has 0 aliphatic rings. The van der Waals surface area contributed by atoms with Crippen molar-refractivity contribution in [2.75, 3.05) is 0 Å². The van der Waals surface area contributed by atoms with E-state index in [1.54, 1.807) is 16.9 Å². The quantitative estimate of drug-likeness (QED) is 0.579. The Hall–Kier alpha value is -2.89. The second kappa shape index (κ2) is 4.05. The Bertz CT molecular complexity index is 1040. The molecule has 3 aromatic heterocycles. The third-order valence-corrected chi connectivity index (χ3v) is 3.70. The molecule has 0 aliphatic heterocycles. The number of rotatable bonds is 1. The van der Waals surface area contributed by atoms with Gasteiger partial charge in [-0.2, -0.15) is 10.2 Å². The summed E-state index contributed by atoms with van der Waals surface area (Å²) >= 11 is 0. The minimum absolute atomic E-state index is 0.248. The lowest BCUT2D eigenvalue weighted by Crippen LogP contribution is -2.09. The number of benzene rings is 1. The molecule has 1 N–H and O–H groups in total. The molecule has 21 heavy (non-hydrogen) atoms. The van der Waals surface area contributed by atoms with Gasteiger partial charge in [0.15, 0.2) is 5.65 Å². The molecule has 4 aromatic rings. The fourth-order valence-electron chi connectivity index (χ4n) is 2.57. The van der Waals surface area contributed by atoms with E-state index in [0.717, 1.165) is 16.8 Å². The van der Waals surface area contributed by atoms with Crippen molar-refractivity contribution in [3.8, 4) is 11.3 Å². The summed E-state index contributed by atoms with van der Waals surface area (Å²) in [5.74, 6) is 0. The molecule has 0 saturated heterocycles. The summed E-state index contributed by atoms with van der Waals surface area (Å²) in [6, 6.07) is 8.24. The number of hydrogen-bond donors (Lipinski definition) is 1. The Morgan fingerprint density at radius 1 is 1.14 bits per heavy atom. The van der Waals surface area contributed by atoms with E-state index in [9.17, 15) is 4.79 Å².